The fourth-order valence-corrected chi connectivity index (χ4v) is 5.83. The Hall–Kier alpha value is -4.16. The van der Waals surface area contributed by atoms with Crippen LogP contribution in [-0.2, 0) is 19.2 Å². The van der Waals surface area contributed by atoms with E-state index in [9.17, 15) is 23.6 Å². The number of carboxylic acids is 2. The van der Waals surface area contributed by atoms with Crippen molar-refractivity contribution in [1.29, 1.82) is 0 Å². The number of aliphatic carboxylic acids is 2. The van der Waals surface area contributed by atoms with E-state index >= 15 is 0 Å². The Labute approximate surface area is 263 Å². The number of anilines is 1. The van der Waals surface area contributed by atoms with E-state index in [1.165, 1.54) is 12.3 Å². The van der Waals surface area contributed by atoms with Gasteiger partial charge in [-0.15, -0.1) is 0 Å². The summed E-state index contributed by atoms with van der Waals surface area (Å²) < 4.78 is 13.4. The zero-order valence-corrected chi connectivity index (χ0v) is 26.5. The number of hydrogen-bond donors (Lipinski definition) is 4. The van der Waals surface area contributed by atoms with Gasteiger partial charge in [0.05, 0.1) is 30.4 Å². The molecule has 4 N–H and O–H groups in total. The van der Waals surface area contributed by atoms with E-state index in [0.717, 1.165) is 24.2 Å². The third-order valence-electron chi connectivity index (χ3n) is 7.97. The summed E-state index contributed by atoms with van der Waals surface area (Å²) in [4.78, 5) is 54.2. The molecule has 0 radical (unpaired) electrons. The molecule has 12 heteroatoms. The fraction of sp³-hybridized carbons (Fsp3) is 0.485. The van der Waals surface area contributed by atoms with Crippen LogP contribution in [0.2, 0.25) is 0 Å². The van der Waals surface area contributed by atoms with Crippen LogP contribution < -0.4 is 15.5 Å². The van der Waals surface area contributed by atoms with Crippen molar-refractivity contribution >= 4 is 29.4 Å². The van der Waals surface area contributed by atoms with E-state index in [0.29, 0.717) is 49.8 Å². The van der Waals surface area contributed by atoms with Gasteiger partial charge in [0, 0.05) is 49.1 Å². The first-order valence-electron chi connectivity index (χ1n) is 15.1. The minimum Gasteiger partial charge on any atom is -0.478 e. The second-order valence-electron chi connectivity index (χ2n) is 12.6. The number of aromatic nitrogens is 1. The number of halogens is 1. The number of para-hydroxylation sites is 1. The lowest BCUT2D eigenvalue weighted by molar-refractivity contribution is -0.134. The summed E-state index contributed by atoms with van der Waals surface area (Å²) in [5.74, 6) is -2.74. The summed E-state index contributed by atoms with van der Waals surface area (Å²) in [5.41, 5.74) is 2.47. The Kier molecular flexibility index (Phi) is 12.3. The van der Waals surface area contributed by atoms with Crippen LogP contribution in [0.3, 0.4) is 0 Å². The Balaban J connectivity index is 0.000000610. The molecule has 0 spiro atoms. The predicted molar refractivity (Wildman–Crippen MR) is 168 cm³/mol. The number of hydrogen-bond acceptors (Lipinski definition) is 7. The molecule has 0 aliphatic carbocycles. The molecular formula is C33H44FN5O6. The van der Waals surface area contributed by atoms with Crippen LogP contribution in [-0.4, -0.2) is 81.6 Å². The quantitative estimate of drug-likeness (QED) is 0.307. The van der Waals surface area contributed by atoms with Crippen LogP contribution in [0.5, 0.6) is 0 Å². The topological polar surface area (TPSA) is 152 Å². The first-order valence-corrected chi connectivity index (χ1v) is 15.1. The zero-order chi connectivity index (χ0) is 33.3. The van der Waals surface area contributed by atoms with Gasteiger partial charge in [0.15, 0.2) is 0 Å². The molecule has 2 amide bonds. The molecule has 2 aromatic rings. The number of piperazine rings is 1. The van der Waals surface area contributed by atoms with Crippen molar-refractivity contribution < 1.29 is 33.8 Å². The molecule has 3 atom stereocenters. The molecule has 0 saturated carbocycles. The average molecular weight is 626 g/mol. The maximum atomic E-state index is 13.4. The number of aryl methyl sites for hydroxylation is 1. The summed E-state index contributed by atoms with van der Waals surface area (Å²) in [6.07, 6.45) is 3.70. The molecule has 244 valence electrons. The summed E-state index contributed by atoms with van der Waals surface area (Å²) in [6, 6.07) is 10.8. The minimum atomic E-state index is -1.26. The number of pyridine rings is 1. The monoisotopic (exact) mass is 625 g/mol. The molecule has 45 heavy (non-hydrogen) atoms. The molecule has 0 bridgehead atoms. The number of rotatable bonds is 9. The lowest BCUT2D eigenvalue weighted by Gasteiger charge is -2.51. The van der Waals surface area contributed by atoms with Crippen LogP contribution in [0.1, 0.15) is 57.8 Å². The van der Waals surface area contributed by atoms with Crippen LogP contribution >= 0.6 is 0 Å². The van der Waals surface area contributed by atoms with Gasteiger partial charge < -0.3 is 25.7 Å². The Morgan fingerprint density at radius 3 is 2.36 bits per heavy atom. The molecule has 2 aliphatic heterocycles. The van der Waals surface area contributed by atoms with Crippen molar-refractivity contribution in [3.8, 4) is 0 Å². The van der Waals surface area contributed by atoms with Crippen LogP contribution in [0.4, 0.5) is 10.1 Å². The average Bonchev–Trinajstić information content (AvgIpc) is 2.97. The SMILES string of the molecule is Cc1ccccc1N1CC(C)(C)N([C@H]2CNC[C@@H](C(=O)N[C@H](CC(C)C)c3ccc(F)cn3)C2)CC1=O.O=C(O)/C=C/C(=O)O. The normalized spacial score (nSPS) is 20.8. The van der Waals surface area contributed by atoms with E-state index in [2.05, 4.69) is 48.2 Å². The Morgan fingerprint density at radius 2 is 1.78 bits per heavy atom. The highest BCUT2D eigenvalue weighted by atomic mass is 19.1. The van der Waals surface area contributed by atoms with Gasteiger partial charge in [0.25, 0.3) is 0 Å². The molecule has 4 rings (SSSR count). The molecule has 1 aromatic carbocycles. The number of carboxylic acid groups (broad SMARTS) is 2. The molecule has 2 aliphatic rings. The van der Waals surface area contributed by atoms with Crippen molar-refractivity contribution in [2.24, 2.45) is 11.8 Å². The maximum absolute atomic E-state index is 13.4. The molecule has 11 nitrogen and oxygen atoms in total. The number of piperidine rings is 1. The molecule has 1 aromatic heterocycles. The Morgan fingerprint density at radius 1 is 1.11 bits per heavy atom. The zero-order valence-electron chi connectivity index (χ0n) is 26.5. The summed E-state index contributed by atoms with van der Waals surface area (Å²) in [5, 5.41) is 22.2. The number of amides is 2. The predicted octanol–water partition coefficient (Wildman–Crippen LogP) is 3.55. The smallest absolute Gasteiger partial charge is 0.328 e. The van der Waals surface area contributed by atoms with Gasteiger partial charge in [-0.1, -0.05) is 32.0 Å². The second kappa shape index (κ2) is 15.7. The molecule has 0 unspecified atom stereocenters. The van der Waals surface area contributed by atoms with E-state index in [1.807, 2.05) is 36.1 Å². The standard InChI is InChI=1S/C29H40FN5O2.C4H4O4/c1-19(2)12-25(24-11-10-22(30)15-32-24)33-28(37)21-13-23(16-31-14-21)35-17-27(36)34(18-29(35,4)5)26-9-7-6-8-20(26)3;5-3(6)1-2-4(7)8/h6-11,15,19,21,23,25,31H,12-14,16-18H2,1-5H3,(H,33,37);1-2H,(H,5,6)(H,7,8)/b;2-1+/t21-,23+,25+;/m0./s1. The largest absolute Gasteiger partial charge is 0.478 e. The number of benzene rings is 1. The summed E-state index contributed by atoms with van der Waals surface area (Å²) >= 11 is 0. The number of nitrogens with zero attached hydrogens (tertiary/aromatic N) is 3. The highest BCUT2D eigenvalue weighted by molar-refractivity contribution is 5.96. The van der Waals surface area contributed by atoms with E-state index in [-0.39, 0.29) is 35.4 Å². The van der Waals surface area contributed by atoms with E-state index in [1.54, 1.807) is 6.07 Å². The van der Waals surface area contributed by atoms with Crippen LogP contribution in [0.25, 0.3) is 0 Å². The highest BCUT2D eigenvalue weighted by Crippen LogP contribution is 2.32. The number of nitrogens with one attached hydrogen (secondary N) is 2. The lowest BCUT2D eigenvalue weighted by atomic mass is 9.88. The molecule has 2 fully saturated rings. The Bertz CT molecular complexity index is 1360. The van der Waals surface area contributed by atoms with Gasteiger partial charge in [-0.05, 0) is 63.3 Å². The van der Waals surface area contributed by atoms with E-state index in [4.69, 9.17) is 10.2 Å². The van der Waals surface area contributed by atoms with Crippen LogP contribution in [0, 0.1) is 24.6 Å². The van der Waals surface area contributed by atoms with Gasteiger partial charge in [-0.25, -0.2) is 14.0 Å². The van der Waals surface area contributed by atoms with Gasteiger partial charge in [0.1, 0.15) is 5.82 Å². The fourth-order valence-electron chi connectivity index (χ4n) is 5.83. The third-order valence-corrected chi connectivity index (χ3v) is 7.97. The molecule has 3 heterocycles. The van der Waals surface area contributed by atoms with Crippen molar-refractivity contribution in [2.75, 3.05) is 31.1 Å². The first-order chi connectivity index (χ1) is 21.2. The van der Waals surface area contributed by atoms with Crippen LogP contribution in [0.15, 0.2) is 54.7 Å². The highest BCUT2D eigenvalue weighted by Gasteiger charge is 2.44. The maximum Gasteiger partial charge on any atom is 0.328 e. The van der Waals surface area contributed by atoms with Crippen molar-refractivity contribution in [3.05, 3.63) is 71.8 Å². The lowest BCUT2D eigenvalue weighted by Crippen LogP contribution is -2.67. The second-order valence-corrected chi connectivity index (χ2v) is 12.6. The van der Waals surface area contributed by atoms with Crippen molar-refractivity contribution in [3.63, 3.8) is 0 Å². The van der Waals surface area contributed by atoms with E-state index < -0.39 is 17.8 Å². The number of carbonyl (C=O) groups is 4. The summed E-state index contributed by atoms with van der Waals surface area (Å²) in [7, 11) is 0. The third kappa shape index (κ3) is 10.2. The van der Waals surface area contributed by atoms with Crippen molar-refractivity contribution in [2.45, 2.75) is 65.1 Å². The minimum absolute atomic E-state index is 0.0309. The molecular weight excluding hydrogens is 581 g/mol. The van der Waals surface area contributed by atoms with Gasteiger partial charge in [-0.3, -0.25) is 19.5 Å². The summed E-state index contributed by atoms with van der Waals surface area (Å²) in [6.45, 7) is 12.8. The van der Waals surface area contributed by atoms with Gasteiger partial charge in [-0.2, -0.15) is 0 Å². The van der Waals surface area contributed by atoms with Gasteiger partial charge in [0.2, 0.25) is 11.8 Å². The van der Waals surface area contributed by atoms with Gasteiger partial charge >= 0.3 is 11.9 Å². The molecule has 2 saturated heterocycles. The number of carbonyl (C=O) groups excluding carboxylic acids is 2. The van der Waals surface area contributed by atoms with Crippen molar-refractivity contribution in [1.82, 2.24) is 20.5 Å². The first kappa shape index (κ1) is 35.3.